The number of amides is 1. The highest BCUT2D eigenvalue weighted by Crippen LogP contribution is 2.36. The molecule has 2 aliphatic rings. The molecule has 0 saturated carbocycles. The molecule has 1 N–H and O–H groups in total. The highest BCUT2D eigenvalue weighted by atomic mass is 19.1. The lowest BCUT2D eigenvalue weighted by atomic mass is 9.97. The van der Waals surface area contributed by atoms with Crippen LogP contribution in [0.4, 0.5) is 10.1 Å². The fraction of sp³-hybridized carbons (Fsp3) is 0.400. The molecule has 30 heavy (non-hydrogen) atoms. The predicted octanol–water partition coefficient (Wildman–Crippen LogP) is 4.99. The summed E-state index contributed by atoms with van der Waals surface area (Å²) in [5, 5.41) is 3.07. The molecule has 1 amide bonds. The van der Waals surface area contributed by atoms with Gasteiger partial charge in [-0.05, 0) is 49.8 Å². The van der Waals surface area contributed by atoms with E-state index in [0.29, 0.717) is 31.9 Å². The minimum atomic E-state index is -0.318. The number of ether oxygens (including phenoxy) is 1. The van der Waals surface area contributed by atoms with E-state index < -0.39 is 0 Å². The molecule has 1 atom stereocenters. The number of nitrogens with one attached hydrogen (secondary N) is 1. The smallest absolute Gasteiger partial charge is 0.222 e. The first-order valence-corrected chi connectivity index (χ1v) is 10.9. The van der Waals surface area contributed by atoms with Crippen LogP contribution in [0.2, 0.25) is 0 Å². The van der Waals surface area contributed by atoms with Gasteiger partial charge in [-0.1, -0.05) is 42.0 Å². The lowest BCUT2D eigenvalue weighted by Crippen LogP contribution is -2.45. The van der Waals surface area contributed by atoms with E-state index in [-0.39, 0.29) is 17.8 Å². The lowest BCUT2D eigenvalue weighted by molar-refractivity contribution is -0.121. The Morgan fingerprint density at radius 3 is 2.83 bits per heavy atom. The van der Waals surface area contributed by atoms with Crippen molar-refractivity contribution in [3.8, 4) is 5.75 Å². The largest absolute Gasteiger partial charge is 0.489 e. The van der Waals surface area contributed by atoms with Crippen molar-refractivity contribution in [1.29, 1.82) is 0 Å². The van der Waals surface area contributed by atoms with Crippen LogP contribution in [0.5, 0.6) is 5.75 Å². The van der Waals surface area contributed by atoms with Gasteiger partial charge in [0, 0.05) is 19.2 Å². The number of anilines is 1. The second kappa shape index (κ2) is 9.79. The second-order valence-electron chi connectivity index (χ2n) is 8.10. The molecule has 0 saturated heterocycles. The molecule has 0 spiro atoms. The zero-order valence-corrected chi connectivity index (χ0v) is 17.3. The van der Waals surface area contributed by atoms with Crippen molar-refractivity contribution in [2.24, 2.45) is 0 Å². The maximum absolute atomic E-state index is 13.7. The van der Waals surface area contributed by atoms with E-state index in [9.17, 15) is 9.18 Å². The Labute approximate surface area is 177 Å². The van der Waals surface area contributed by atoms with Crippen molar-refractivity contribution >= 4 is 11.6 Å². The fourth-order valence-corrected chi connectivity index (χ4v) is 4.26. The lowest BCUT2D eigenvalue weighted by Gasteiger charge is -2.38. The quantitative estimate of drug-likeness (QED) is 0.656. The van der Waals surface area contributed by atoms with Gasteiger partial charge in [-0.15, -0.1) is 0 Å². The molecule has 1 unspecified atom stereocenters. The summed E-state index contributed by atoms with van der Waals surface area (Å²) in [6.45, 7) is 1.69. The van der Waals surface area contributed by atoms with Gasteiger partial charge in [0.1, 0.15) is 18.2 Å². The number of nitrogens with zero attached hydrogens (tertiary/aromatic N) is 1. The number of hydrogen-bond donors (Lipinski definition) is 1. The third-order valence-electron chi connectivity index (χ3n) is 5.87. The Morgan fingerprint density at radius 2 is 2.03 bits per heavy atom. The van der Waals surface area contributed by atoms with Crippen LogP contribution < -0.4 is 15.0 Å². The first kappa shape index (κ1) is 20.5. The molecule has 4 rings (SSSR count). The average molecular weight is 409 g/mol. The van der Waals surface area contributed by atoms with Crippen molar-refractivity contribution in [3.63, 3.8) is 0 Å². The molecule has 0 radical (unpaired) electrons. The van der Waals surface area contributed by atoms with Gasteiger partial charge in [-0.3, -0.25) is 4.79 Å². The second-order valence-corrected chi connectivity index (χ2v) is 8.10. The first-order chi connectivity index (χ1) is 14.7. The Balaban J connectivity index is 1.41. The van der Waals surface area contributed by atoms with Crippen molar-refractivity contribution < 1.29 is 13.9 Å². The molecule has 0 bridgehead atoms. The molecule has 158 valence electrons. The van der Waals surface area contributed by atoms with E-state index in [2.05, 4.69) is 28.4 Å². The van der Waals surface area contributed by atoms with E-state index in [1.54, 1.807) is 6.07 Å². The van der Waals surface area contributed by atoms with Crippen LogP contribution in [-0.2, 0) is 11.3 Å². The number of allylic oxidation sites excluding steroid dienone is 1. The SMILES string of the molecule is O=C(CC1COc2cc(F)ccc2N1Cc1ccccc1)NCCC1=CCCCC1. The van der Waals surface area contributed by atoms with Crippen LogP contribution in [0.3, 0.4) is 0 Å². The van der Waals surface area contributed by atoms with Gasteiger partial charge < -0.3 is 15.0 Å². The van der Waals surface area contributed by atoms with E-state index in [1.807, 2.05) is 18.2 Å². The summed E-state index contributed by atoms with van der Waals surface area (Å²) < 4.78 is 19.5. The number of rotatable bonds is 7. The first-order valence-electron chi connectivity index (χ1n) is 10.9. The van der Waals surface area contributed by atoms with Crippen LogP contribution in [0.15, 0.2) is 60.2 Å². The van der Waals surface area contributed by atoms with Gasteiger partial charge in [0.15, 0.2) is 0 Å². The van der Waals surface area contributed by atoms with Crippen molar-refractivity contribution in [1.82, 2.24) is 5.32 Å². The van der Waals surface area contributed by atoms with Gasteiger partial charge in [-0.25, -0.2) is 4.39 Å². The predicted molar refractivity (Wildman–Crippen MR) is 117 cm³/mol. The number of fused-ring (bicyclic) bond motifs is 1. The number of carbonyl (C=O) groups excluding carboxylic acids is 1. The Bertz CT molecular complexity index is 897. The maximum Gasteiger partial charge on any atom is 0.222 e. The molecule has 4 nitrogen and oxygen atoms in total. The summed E-state index contributed by atoms with van der Waals surface area (Å²) >= 11 is 0. The standard InChI is InChI=1S/C25H29FN2O2/c26-21-11-12-23-24(15-21)30-18-22(28(23)17-20-9-5-2-6-10-20)16-25(29)27-14-13-19-7-3-1-4-8-19/h2,5-7,9-12,15,22H,1,3-4,8,13-14,16-18H2,(H,27,29). The maximum atomic E-state index is 13.7. The molecule has 2 aromatic carbocycles. The third kappa shape index (κ3) is 5.21. The Hall–Kier alpha value is -2.82. The normalized spacial score (nSPS) is 18.2. The number of benzene rings is 2. The third-order valence-corrected chi connectivity index (χ3v) is 5.87. The number of hydrogen-bond acceptors (Lipinski definition) is 3. The number of halogens is 1. The van der Waals surface area contributed by atoms with E-state index in [4.69, 9.17) is 4.74 Å². The van der Waals surface area contributed by atoms with Crippen LogP contribution in [0, 0.1) is 5.82 Å². The monoisotopic (exact) mass is 408 g/mol. The zero-order chi connectivity index (χ0) is 20.8. The molecule has 0 aromatic heterocycles. The fourth-order valence-electron chi connectivity index (χ4n) is 4.26. The van der Waals surface area contributed by atoms with Gasteiger partial charge in [-0.2, -0.15) is 0 Å². The van der Waals surface area contributed by atoms with Crippen molar-refractivity contribution in [3.05, 3.63) is 71.6 Å². The zero-order valence-electron chi connectivity index (χ0n) is 17.3. The average Bonchev–Trinajstić information content (AvgIpc) is 2.77. The van der Waals surface area contributed by atoms with Crippen LogP contribution >= 0.6 is 0 Å². The minimum Gasteiger partial charge on any atom is -0.489 e. The van der Waals surface area contributed by atoms with E-state index >= 15 is 0 Å². The Morgan fingerprint density at radius 1 is 1.17 bits per heavy atom. The van der Waals surface area contributed by atoms with E-state index in [0.717, 1.165) is 30.5 Å². The van der Waals surface area contributed by atoms with Gasteiger partial charge >= 0.3 is 0 Å². The molecule has 1 aliphatic carbocycles. The molecule has 5 heteroatoms. The summed E-state index contributed by atoms with van der Waals surface area (Å²) in [5.41, 5.74) is 3.44. The van der Waals surface area contributed by atoms with Crippen LogP contribution in [0.25, 0.3) is 0 Å². The summed E-state index contributed by atoms with van der Waals surface area (Å²) in [6, 6.07) is 14.6. The molecular formula is C25H29FN2O2. The van der Waals surface area contributed by atoms with Gasteiger partial charge in [0.2, 0.25) is 5.91 Å². The topological polar surface area (TPSA) is 41.6 Å². The Kier molecular flexibility index (Phi) is 6.67. The summed E-state index contributed by atoms with van der Waals surface area (Å²) in [6.07, 6.45) is 8.46. The van der Waals surface area contributed by atoms with Gasteiger partial charge in [0.25, 0.3) is 0 Å². The van der Waals surface area contributed by atoms with Crippen LogP contribution in [-0.4, -0.2) is 25.1 Å². The van der Waals surface area contributed by atoms with E-state index in [1.165, 1.54) is 30.5 Å². The van der Waals surface area contributed by atoms with Crippen LogP contribution in [0.1, 0.15) is 44.1 Å². The molecular weight excluding hydrogens is 379 g/mol. The molecule has 2 aromatic rings. The highest BCUT2D eigenvalue weighted by Gasteiger charge is 2.29. The highest BCUT2D eigenvalue weighted by molar-refractivity contribution is 5.77. The molecule has 0 fully saturated rings. The molecule has 1 heterocycles. The summed E-state index contributed by atoms with van der Waals surface area (Å²) in [7, 11) is 0. The molecule has 1 aliphatic heterocycles. The van der Waals surface area contributed by atoms with Crippen molar-refractivity contribution in [2.45, 2.75) is 51.1 Å². The van der Waals surface area contributed by atoms with Crippen molar-refractivity contribution in [2.75, 3.05) is 18.1 Å². The minimum absolute atomic E-state index is 0.0311. The number of carbonyl (C=O) groups is 1. The summed E-state index contributed by atoms with van der Waals surface area (Å²) in [4.78, 5) is 14.8. The van der Waals surface area contributed by atoms with Gasteiger partial charge in [0.05, 0.1) is 18.2 Å². The summed E-state index contributed by atoms with van der Waals surface area (Å²) in [5.74, 6) is 0.247.